The van der Waals surface area contributed by atoms with Crippen molar-refractivity contribution in [1.82, 2.24) is 48.6 Å². The van der Waals surface area contributed by atoms with Crippen LogP contribution in [-0.4, -0.2) is 48.6 Å². The molecule has 0 spiro atoms. The Kier molecular flexibility index (Phi) is 15.9. The number of para-hydroxylation sites is 3. The smallest absolute Gasteiger partial charge is 0.0970 e. The average molecular weight is 1610 g/mol. The lowest BCUT2D eigenvalue weighted by Gasteiger charge is -2.19. The quantitative estimate of drug-likeness (QED) is 0.153. The molecule has 3 aliphatic carbocycles. The van der Waals surface area contributed by atoms with Gasteiger partial charge < -0.3 is 13.7 Å². The second-order valence-corrected chi connectivity index (χ2v) is 33.8. The molecular weight excluding hydrogens is 1530 g/mol. The summed E-state index contributed by atoms with van der Waals surface area (Å²) in [5.74, 6) is 0. The molecule has 0 amide bonds. The number of aryl methyl sites for hydroxylation is 2. The molecule has 0 saturated heterocycles. The summed E-state index contributed by atoms with van der Waals surface area (Å²) in [7, 11) is 0. The van der Waals surface area contributed by atoms with E-state index in [4.69, 9.17) is 19.9 Å². The summed E-state index contributed by atoms with van der Waals surface area (Å²) in [4.78, 5) is 33.1. The molecule has 25 aromatic rings. The van der Waals surface area contributed by atoms with Gasteiger partial charge in [-0.05, 0) is 271 Å². The number of benzene rings is 15. The van der Waals surface area contributed by atoms with Crippen molar-refractivity contribution < 1.29 is 0 Å². The van der Waals surface area contributed by atoms with Gasteiger partial charge in [0.15, 0.2) is 0 Å². The Balaban J connectivity index is 0.000000101. The van der Waals surface area contributed by atoms with E-state index in [0.717, 1.165) is 118 Å². The first kappa shape index (κ1) is 71.3. The highest BCUT2D eigenvalue weighted by atomic mass is 15.0. The monoisotopic (exact) mass is 1610 g/mol. The van der Waals surface area contributed by atoms with Gasteiger partial charge in [-0.1, -0.05) is 206 Å². The Bertz CT molecular complexity index is 9150. The van der Waals surface area contributed by atoms with Crippen molar-refractivity contribution in [2.45, 2.75) is 33.1 Å². The molecule has 0 fully saturated rings. The van der Waals surface area contributed by atoms with Crippen LogP contribution in [0.5, 0.6) is 0 Å². The highest BCUT2D eigenvalue weighted by Gasteiger charge is 2.27. The highest BCUT2D eigenvalue weighted by molar-refractivity contribution is 6.22. The molecule has 126 heavy (non-hydrogen) atoms. The molecule has 0 aliphatic heterocycles. The first-order valence-electron chi connectivity index (χ1n) is 43.3. The van der Waals surface area contributed by atoms with Gasteiger partial charge in [0.1, 0.15) is 0 Å². The molecule has 10 aromatic heterocycles. The number of aromatic nitrogens is 10. The zero-order chi connectivity index (χ0) is 82.9. The van der Waals surface area contributed by atoms with E-state index in [0.29, 0.717) is 0 Å². The first-order chi connectivity index (χ1) is 62.3. The van der Waals surface area contributed by atoms with E-state index in [2.05, 4.69) is 340 Å². The predicted octanol–water partition coefficient (Wildman–Crippen LogP) is 29.0. The number of rotatable bonds is 6. The second-order valence-electron chi connectivity index (χ2n) is 33.8. The van der Waals surface area contributed by atoms with Gasteiger partial charge in [-0.3, -0.25) is 34.9 Å². The van der Waals surface area contributed by atoms with E-state index < -0.39 is 0 Å². The van der Waals surface area contributed by atoms with E-state index in [1.54, 1.807) is 0 Å². The third kappa shape index (κ3) is 10.9. The zero-order valence-electron chi connectivity index (χ0n) is 68.9. The van der Waals surface area contributed by atoms with E-state index in [1.165, 1.54) is 170 Å². The van der Waals surface area contributed by atoms with E-state index >= 15 is 0 Å². The van der Waals surface area contributed by atoms with Crippen molar-refractivity contribution >= 4 is 192 Å². The topological polar surface area (TPSA) is 105 Å². The van der Waals surface area contributed by atoms with Crippen molar-refractivity contribution in [3.63, 3.8) is 0 Å². The average Bonchev–Trinajstić information content (AvgIpc) is 1.55. The number of pyridine rings is 7. The molecule has 588 valence electrons. The van der Waals surface area contributed by atoms with E-state index in [9.17, 15) is 0 Å². The maximum atomic E-state index is 5.05. The largest absolute Gasteiger partial charge is 0.309 e. The number of allylic oxidation sites excluding steroid dienone is 3. The van der Waals surface area contributed by atoms with Crippen LogP contribution in [0.15, 0.2) is 359 Å². The van der Waals surface area contributed by atoms with Crippen LogP contribution in [0.1, 0.15) is 44.5 Å². The molecule has 0 saturated carbocycles. The fraction of sp³-hybridized carbons (Fsp3) is 0.0431. The Labute approximate surface area is 723 Å². The Hall–Kier alpha value is -16.4. The molecule has 0 atom stereocenters. The molecule has 0 radical (unpaired) electrons. The number of fused-ring (bicyclic) bond motifs is 22. The Morgan fingerprint density at radius 1 is 0.238 bits per heavy atom. The molecule has 10 heteroatoms. The summed E-state index contributed by atoms with van der Waals surface area (Å²) in [6.07, 6.45) is 29.6. The molecule has 10 heterocycles. The van der Waals surface area contributed by atoms with Gasteiger partial charge in [0.2, 0.25) is 0 Å². The van der Waals surface area contributed by atoms with E-state index in [1.807, 2.05) is 79.8 Å². The van der Waals surface area contributed by atoms with Gasteiger partial charge in [-0.25, -0.2) is 0 Å². The number of hydrogen-bond acceptors (Lipinski definition) is 7. The molecule has 0 bridgehead atoms. The highest BCUT2D eigenvalue weighted by Crippen LogP contribution is 2.48. The van der Waals surface area contributed by atoms with Crippen LogP contribution in [0, 0.1) is 13.8 Å². The summed E-state index contributed by atoms with van der Waals surface area (Å²) in [5, 5.41) is 23.8. The van der Waals surface area contributed by atoms with Crippen LogP contribution in [-0.2, 0) is 19.3 Å². The Morgan fingerprint density at radius 3 is 1.06 bits per heavy atom. The van der Waals surface area contributed by atoms with Crippen LogP contribution in [0.4, 0.5) is 0 Å². The summed E-state index contributed by atoms with van der Waals surface area (Å²) >= 11 is 0. The van der Waals surface area contributed by atoms with Crippen LogP contribution < -0.4 is 0 Å². The van der Waals surface area contributed by atoms with Gasteiger partial charge in [0.05, 0.1) is 89.3 Å². The maximum Gasteiger partial charge on any atom is 0.0970 e. The van der Waals surface area contributed by atoms with Crippen LogP contribution in [0.2, 0.25) is 0 Å². The summed E-state index contributed by atoms with van der Waals surface area (Å²) < 4.78 is 7.32. The predicted molar refractivity (Wildman–Crippen MR) is 526 cm³/mol. The number of nitrogens with zero attached hydrogens (tertiary/aromatic N) is 10. The first-order valence-corrected chi connectivity index (χ1v) is 43.3. The van der Waals surface area contributed by atoms with Crippen LogP contribution in [0.3, 0.4) is 0 Å². The van der Waals surface area contributed by atoms with Crippen LogP contribution in [0.25, 0.3) is 243 Å². The molecule has 3 aliphatic rings. The lowest BCUT2D eigenvalue weighted by molar-refractivity contribution is 1.12. The van der Waals surface area contributed by atoms with Crippen molar-refractivity contribution in [3.05, 3.63) is 403 Å². The fourth-order valence-corrected chi connectivity index (χ4v) is 21.6. The third-order valence-corrected chi connectivity index (χ3v) is 26.8. The molecule has 0 unspecified atom stereocenters. The molecule has 10 nitrogen and oxygen atoms in total. The van der Waals surface area contributed by atoms with Gasteiger partial charge in [0, 0.05) is 113 Å². The standard InChI is InChI=1S/C40H24N4.C39H27N3.C37H23N3/c1-2-14-35-31(11-1)38-32-12-4-8-24-7-3-9-27(37(24)32)22-36(38)44(35)29-19-26-16-15-25(21-34(26)43-23-29)33-20-28-10-5-17-41-39(28)40-30(33)13-6-18-42-40;1-23-19-28(32-21-27-12-7-17-40-37(27)38-29(32)15-8-18-41-38)20-24(2)39(23)42-33-16-4-3-13-30(33)36-31-14-6-10-25-9-5-11-26(35(25)31)22-34(36)42;1-2-14-32-29(11-1)35-30-12-4-8-24-7-3-9-25(34(24)30)22-33(35)40(32)27-17-15-23(16-18-27)31-21-26-10-5-19-38-36(26)37-28(31)13-6-20-39-37/h1-11,13-23H,12H2;3-13,15-22H,14H2,1-2H3;1-11,13-22H,12H2. The lowest BCUT2D eigenvalue weighted by atomic mass is 9.89. The molecular formula is C116H74N10. The van der Waals surface area contributed by atoms with Gasteiger partial charge in [-0.2, -0.15) is 0 Å². The zero-order valence-corrected chi connectivity index (χ0v) is 68.9. The number of hydrogen-bond donors (Lipinski definition) is 0. The van der Waals surface area contributed by atoms with Gasteiger partial charge in [-0.15, -0.1) is 0 Å². The summed E-state index contributed by atoms with van der Waals surface area (Å²) in [6, 6.07) is 108. The minimum absolute atomic E-state index is 0.921. The van der Waals surface area contributed by atoms with Gasteiger partial charge >= 0.3 is 0 Å². The molecule has 0 N–H and O–H groups in total. The minimum atomic E-state index is 0.921. The van der Waals surface area contributed by atoms with Crippen molar-refractivity contribution in [3.8, 4) is 50.4 Å². The second kappa shape index (κ2) is 28.1. The van der Waals surface area contributed by atoms with Crippen molar-refractivity contribution in [2.75, 3.05) is 0 Å². The van der Waals surface area contributed by atoms with E-state index in [-0.39, 0.29) is 0 Å². The lowest BCUT2D eigenvalue weighted by Crippen LogP contribution is -2.02. The summed E-state index contributed by atoms with van der Waals surface area (Å²) in [5.41, 5.74) is 35.2. The maximum absolute atomic E-state index is 5.05. The molecule has 15 aromatic carbocycles. The third-order valence-electron chi connectivity index (χ3n) is 26.8. The fourth-order valence-electron chi connectivity index (χ4n) is 21.6. The minimum Gasteiger partial charge on any atom is -0.309 e. The summed E-state index contributed by atoms with van der Waals surface area (Å²) in [6.45, 7) is 4.50. The molecule has 28 rings (SSSR count). The van der Waals surface area contributed by atoms with Gasteiger partial charge in [0.25, 0.3) is 0 Å². The van der Waals surface area contributed by atoms with Crippen molar-refractivity contribution in [2.24, 2.45) is 0 Å². The van der Waals surface area contributed by atoms with Crippen LogP contribution >= 0.6 is 0 Å². The normalized spacial score (nSPS) is 12.8. The van der Waals surface area contributed by atoms with Crippen molar-refractivity contribution in [1.29, 1.82) is 0 Å². The SMILES string of the molecule is C1=Cc2cccc3cc4c(c(c23)C1)c1ccccc1n4-c1ccc(-c2cc3cccnc3c3ncccc23)cc1.C1=Cc2cccc3cc4c(c(c23)C1)c1ccccc1n4-c1cnc2cc(-c3cc4cccnc4c4ncccc34)ccc2c1.Cc1cc(-c2cc3cccnc3c3ncccc23)cc(C)c1-n1c2ccccc2c2c3c4c(cccc4cc21)C=CC3. The Morgan fingerprint density at radius 2 is 0.603 bits per heavy atom.